The van der Waals surface area contributed by atoms with Crippen LogP contribution in [-0.2, 0) is 9.47 Å². The van der Waals surface area contributed by atoms with Crippen LogP contribution in [0.2, 0.25) is 0 Å². The van der Waals surface area contributed by atoms with Crippen molar-refractivity contribution >= 4 is 5.96 Å². The largest absolute Gasteiger partial charge is 0.379 e. The number of ether oxygens (including phenoxy) is 2. The highest BCUT2D eigenvalue weighted by Gasteiger charge is 2.14. The molecule has 0 spiro atoms. The Morgan fingerprint density at radius 1 is 1.12 bits per heavy atom. The van der Waals surface area contributed by atoms with Crippen LogP contribution in [0.1, 0.15) is 52.4 Å². The fourth-order valence-electron chi connectivity index (χ4n) is 3.07. The van der Waals surface area contributed by atoms with E-state index in [1.807, 2.05) is 7.05 Å². The van der Waals surface area contributed by atoms with E-state index in [1.165, 1.54) is 32.4 Å². The summed E-state index contributed by atoms with van der Waals surface area (Å²) in [5.41, 5.74) is 0. The summed E-state index contributed by atoms with van der Waals surface area (Å²) in [6, 6.07) is 0. The van der Waals surface area contributed by atoms with E-state index < -0.39 is 0 Å². The summed E-state index contributed by atoms with van der Waals surface area (Å²) >= 11 is 0. The van der Waals surface area contributed by atoms with Gasteiger partial charge in [-0.05, 0) is 58.2 Å². The number of nitrogens with zero attached hydrogens (tertiary/aromatic N) is 2. The normalized spacial score (nSPS) is 18.1. The lowest BCUT2D eigenvalue weighted by Gasteiger charge is -2.21. The van der Waals surface area contributed by atoms with Gasteiger partial charge in [0, 0.05) is 33.4 Å². The molecule has 1 aliphatic heterocycles. The predicted octanol–water partition coefficient (Wildman–Crippen LogP) is 2.25. The molecule has 148 valence electrons. The predicted molar refractivity (Wildman–Crippen MR) is 105 cm³/mol. The van der Waals surface area contributed by atoms with Gasteiger partial charge in [0.25, 0.3) is 0 Å². The molecule has 0 aromatic rings. The van der Waals surface area contributed by atoms with Crippen molar-refractivity contribution in [3.63, 3.8) is 0 Å². The number of guanidine groups is 1. The Morgan fingerprint density at radius 3 is 2.44 bits per heavy atom. The molecule has 0 aromatic carbocycles. The summed E-state index contributed by atoms with van der Waals surface area (Å²) in [6.07, 6.45) is 7.22. The van der Waals surface area contributed by atoms with E-state index in [4.69, 9.17) is 9.47 Å². The second-order valence-electron chi connectivity index (χ2n) is 6.68. The molecule has 0 amide bonds. The maximum absolute atomic E-state index is 5.67. The zero-order chi connectivity index (χ0) is 18.2. The van der Waals surface area contributed by atoms with Crippen LogP contribution in [0.15, 0.2) is 4.99 Å². The number of aliphatic imine (C=N–C) groups is 1. The fraction of sp³-hybridized carbons (Fsp3) is 0.947. The van der Waals surface area contributed by atoms with Gasteiger partial charge in [-0.15, -0.1) is 0 Å². The maximum Gasteiger partial charge on any atom is 0.190 e. The lowest BCUT2D eigenvalue weighted by Crippen LogP contribution is -2.39. The van der Waals surface area contributed by atoms with Crippen molar-refractivity contribution < 1.29 is 9.47 Å². The fourth-order valence-corrected chi connectivity index (χ4v) is 3.07. The molecule has 1 unspecified atom stereocenters. The van der Waals surface area contributed by atoms with Crippen LogP contribution in [0, 0.1) is 0 Å². The molecule has 0 aliphatic carbocycles. The molecule has 2 N–H and O–H groups in total. The van der Waals surface area contributed by atoms with Gasteiger partial charge in [-0.2, -0.15) is 0 Å². The summed E-state index contributed by atoms with van der Waals surface area (Å²) in [5, 5.41) is 6.75. The summed E-state index contributed by atoms with van der Waals surface area (Å²) in [6.45, 7) is 12.3. The van der Waals surface area contributed by atoms with Crippen LogP contribution >= 0.6 is 0 Å². The number of hydrogen-bond donors (Lipinski definition) is 2. The van der Waals surface area contributed by atoms with Gasteiger partial charge in [0.05, 0.1) is 12.7 Å². The smallest absolute Gasteiger partial charge is 0.190 e. The molecule has 6 heteroatoms. The first-order valence-corrected chi connectivity index (χ1v) is 10.2. The molecule has 1 rings (SSSR count). The Bertz CT molecular complexity index is 327. The van der Waals surface area contributed by atoms with E-state index in [0.29, 0.717) is 6.10 Å². The number of hydrogen-bond acceptors (Lipinski definition) is 4. The van der Waals surface area contributed by atoms with Gasteiger partial charge in [-0.1, -0.05) is 13.8 Å². The van der Waals surface area contributed by atoms with Gasteiger partial charge in [-0.25, -0.2) is 0 Å². The van der Waals surface area contributed by atoms with Crippen molar-refractivity contribution in [1.29, 1.82) is 0 Å². The third-order valence-corrected chi connectivity index (χ3v) is 4.33. The first-order valence-electron chi connectivity index (χ1n) is 10.2. The first kappa shape index (κ1) is 22.2. The topological polar surface area (TPSA) is 58.1 Å². The maximum atomic E-state index is 5.67. The molecule has 1 atom stereocenters. The summed E-state index contributed by atoms with van der Waals surface area (Å²) in [7, 11) is 1.82. The Balaban J connectivity index is 1.98. The van der Waals surface area contributed by atoms with Gasteiger partial charge in [0.1, 0.15) is 0 Å². The summed E-state index contributed by atoms with van der Waals surface area (Å²) in [4.78, 5) is 6.82. The minimum Gasteiger partial charge on any atom is -0.379 e. The minimum absolute atomic E-state index is 0.322. The Kier molecular flexibility index (Phi) is 13.7. The highest BCUT2D eigenvalue weighted by Crippen LogP contribution is 2.11. The zero-order valence-corrected chi connectivity index (χ0v) is 16.7. The quantitative estimate of drug-likeness (QED) is 0.284. The van der Waals surface area contributed by atoms with Crippen molar-refractivity contribution in [3.05, 3.63) is 0 Å². The molecule has 0 bridgehead atoms. The second-order valence-corrected chi connectivity index (χ2v) is 6.68. The molecule has 6 nitrogen and oxygen atoms in total. The Morgan fingerprint density at radius 2 is 1.84 bits per heavy atom. The third kappa shape index (κ3) is 11.4. The molecule has 1 fully saturated rings. The summed E-state index contributed by atoms with van der Waals surface area (Å²) in [5.74, 6) is 0.886. The number of nitrogens with one attached hydrogen (secondary N) is 2. The lowest BCUT2D eigenvalue weighted by molar-refractivity contribution is 0.0168. The van der Waals surface area contributed by atoms with Crippen LogP contribution in [-0.4, -0.2) is 76.6 Å². The van der Waals surface area contributed by atoms with Gasteiger partial charge < -0.3 is 25.0 Å². The van der Waals surface area contributed by atoms with Crippen molar-refractivity contribution in [1.82, 2.24) is 15.5 Å². The highest BCUT2D eigenvalue weighted by atomic mass is 16.5. The van der Waals surface area contributed by atoms with E-state index in [1.54, 1.807) is 0 Å². The highest BCUT2D eigenvalue weighted by molar-refractivity contribution is 5.79. The third-order valence-electron chi connectivity index (χ3n) is 4.33. The van der Waals surface area contributed by atoms with Gasteiger partial charge in [0.15, 0.2) is 5.96 Å². The van der Waals surface area contributed by atoms with E-state index in [-0.39, 0.29) is 0 Å². The monoisotopic (exact) mass is 356 g/mol. The molecule has 1 aliphatic rings. The molecule has 0 radical (unpaired) electrons. The lowest BCUT2D eigenvalue weighted by atomic mass is 10.2. The van der Waals surface area contributed by atoms with Crippen molar-refractivity contribution in [2.45, 2.75) is 58.5 Å². The minimum atomic E-state index is 0.322. The average Bonchev–Trinajstić information content (AvgIpc) is 3.13. The van der Waals surface area contributed by atoms with Crippen LogP contribution < -0.4 is 10.6 Å². The SMILES string of the molecule is CCCN(CCC)CCCNC(=NC)NCCCOCC1CCCO1. The molecular weight excluding hydrogens is 316 g/mol. The van der Waals surface area contributed by atoms with Crippen molar-refractivity contribution in [3.8, 4) is 0 Å². The Labute approximate surface area is 154 Å². The van der Waals surface area contributed by atoms with Crippen LogP contribution in [0.5, 0.6) is 0 Å². The molecule has 25 heavy (non-hydrogen) atoms. The molecular formula is C19H40N4O2. The average molecular weight is 357 g/mol. The molecule has 0 saturated carbocycles. The van der Waals surface area contributed by atoms with Gasteiger partial charge in [0.2, 0.25) is 0 Å². The summed E-state index contributed by atoms with van der Waals surface area (Å²) < 4.78 is 11.2. The van der Waals surface area contributed by atoms with Crippen LogP contribution in [0.25, 0.3) is 0 Å². The molecule has 1 saturated heterocycles. The zero-order valence-electron chi connectivity index (χ0n) is 16.7. The molecule has 0 aromatic heterocycles. The molecule has 1 heterocycles. The van der Waals surface area contributed by atoms with Crippen molar-refractivity contribution in [2.75, 3.05) is 59.6 Å². The van der Waals surface area contributed by atoms with Gasteiger partial charge in [-0.3, -0.25) is 4.99 Å². The standard InChI is InChI=1S/C19H40N4O2/c1-4-12-23(13-5-2)14-7-10-21-19(20-3)22-11-8-15-24-17-18-9-6-16-25-18/h18H,4-17H2,1-3H3,(H2,20,21,22). The second kappa shape index (κ2) is 15.4. The van der Waals surface area contributed by atoms with Crippen molar-refractivity contribution in [2.24, 2.45) is 4.99 Å². The van der Waals surface area contributed by atoms with E-state index in [2.05, 4.69) is 34.4 Å². The van der Waals surface area contributed by atoms with E-state index in [0.717, 1.165) is 64.7 Å². The van der Waals surface area contributed by atoms with E-state index >= 15 is 0 Å². The van der Waals surface area contributed by atoms with E-state index in [9.17, 15) is 0 Å². The van der Waals surface area contributed by atoms with Gasteiger partial charge >= 0.3 is 0 Å². The number of rotatable bonds is 14. The Hall–Kier alpha value is -0.850. The first-order chi connectivity index (χ1) is 12.3. The van der Waals surface area contributed by atoms with Crippen LogP contribution in [0.3, 0.4) is 0 Å². The van der Waals surface area contributed by atoms with Crippen LogP contribution in [0.4, 0.5) is 0 Å².